The van der Waals surface area contributed by atoms with Gasteiger partial charge in [0.15, 0.2) is 0 Å². The number of amides is 2. The van der Waals surface area contributed by atoms with Crippen LogP contribution in [-0.2, 0) is 17.9 Å². The number of pyridine rings is 1. The van der Waals surface area contributed by atoms with Gasteiger partial charge in [-0.2, -0.15) is 0 Å². The van der Waals surface area contributed by atoms with Crippen molar-refractivity contribution in [1.29, 1.82) is 0 Å². The lowest BCUT2D eigenvalue weighted by Crippen LogP contribution is -2.64. The summed E-state index contributed by atoms with van der Waals surface area (Å²) in [5, 5.41) is 5.30. The molecule has 1 aliphatic heterocycles. The zero-order valence-corrected chi connectivity index (χ0v) is 18.0. The van der Waals surface area contributed by atoms with Gasteiger partial charge in [-0.1, -0.05) is 25.3 Å². The van der Waals surface area contributed by atoms with Crippen LogP contribution in [0.3, 0.4) is 0 Å². The largest absolute Gasteiger partial charge is 0.351 e. The van der Waals surface area contributed by atoms with Crippen LogP contribution in [0, 0.1) is 0 Å². The molecule has 1 aliphatic carbocycles. The molecule has 4 heterocycles. The smallest absolute Gasteiger partial charge is 0.271 e. The van der Waals surface area contributed by atoms with Gasteiger partial charge < -0.3 is 14.8 Å². The maximum atomic E-state index is 13.6. The van der Waals surface area contributed by atoms with Crippen molar-refractivity contribution in [2.24, 2.45) is 0 Å². The Bertz CT molecular complexity index is 1080. The van der Waals surface area contributed by atoms with E-state index in [9.17, 15) is 9.59 Å². The first-order chi connectivity index (χ1) is 14.6. The normalized spacial score (nSPS) is 22.3. The van der Waals surface area contributed by atoms with Crippen LogP contribution in [0.1, 0.15) is 55.2 Å². The van der Waals surface area contributed by atoms with Crippen molar-refractivity contribution >= 4 is 33.4 Å². The SMILES string of the molecule is C[C@@]1(C(=O)NC2CCCCC2)Cn2c(cc3sccc32)C(=O)N1Cc1ccccn1. The van der Waals surface area contributed by atoms with E-state index in [-0.39, 0.29) is 17.9 Å². The minimum absolute atomic E-state index is 0.0681. The van der Waals surface area contributed by atoms with Gasteiger partial charge in [0.2, 0.25) is 5.91 Å². The number of fused-ring (bicyclic) bond motifs is 3. The maximum Gasteiger partial charge on any atom is 0.271 e. The summed E-state index contributed by atoms with van der Waals surface area (Å²) in [7, 11) is 0. The van der Waals surface area contributed by atoms with Crippen LogP contribution >= 0.6 is 11.3 Å². The maximum absolute atomic E-state index is 13.6. The summed E-state index contributed by atoms with van der Waals surface area (Å²) in [5.41, 5.74) is 1.48. The van der Waals surface area contributed by atoms with Crippen molar-refractivity contribution in [3.05, 3.63) is 53.3 Å². The highest BCUT2D eigenvalue weighted by atomic mass is 32.1. The van der Waals surface area contributed by atoms with Crippen LogP contribution in [0.4, 0.5) is 0 Å². The number of hydrogen-bond acceptors (Lipinski definition) is 4. The number of hydrogen-bond donors (Lipinski definition) is 1. The van der Waals surface area contributed by atoms with E-state index in [1.807, 2.05) is 47.2 Å². The number of aromatic nitrogens is 2. The molecule has 0 aromatic carbocycles. The fraction of sp³-hybridized carbons (Fsp3) is 0.435. The molecular formula is C23H26N4O2S. The van der Waals surface area contributed by atoms with Crippen molar-refractivity contribution in [1.82, 2.24) is 19.8 Å². The van der Waals surface area contributed by atoms with Gasteiger partial charge in [-0.25, -0.2) is 0 Å². The van der Waals surface area contributed by atoms with Crippen LogP contribution in [0.2, 0.25) is 0 Å². The lowest BCUT2D eigenvalue weighted by molar-refractivity contribution is -0.134. The zero-order valence-electron chi connectivity index (χ0n) is 17.1. The second kappa shape index (κ2) is 7.54. The first-order valence-electron chi connectivity index (χ1n) is 10.7. The first kappa shape index (κ1) is 19.3. The van der Waals surface area contributed by atoms with Gasteiger partial charge in [0.25, 0.3) is 5.91 Å². The Morgan fingerprint density at radius 3 is 2.87 bits per heavy atom. The van der Waals surface area contributed by atoms with Crippen LogP contribution in [0.25, 0.3) is 10.2 Å². The predicted molar refractivity (Wildman–Crippen MR) is 117 cm³/mol. The van der Waals surface area contributed by atoms with Crippen LogP contribution in [0.15, 0.2) is 41.9 Å². The van der Waals surface area contributed by atoms with E-state index >= 15 is 0 Å². The van der Waals surface area contributed by atoms with Crippen LogP contribution in [0.5, 0.6) is 0 Å². The van der Waals surface area contributed by atoms with Crippen molar-refractivity contribution in [2.75, 3.05) is 0 Å². The second-order valence-electron chi connectivity index (χ2n) is 8.58. The molecule has 0 bridgehead atoms. The number of nitrogens with one attached hydrogen (secondary N) is 1. The Balaban J connectivity index is 1.53. The van der Waals surface area contributed by atoms with Gasteiger partial charge in [0.05, 0.1) is 29.0 Å². The third-order valence-corrected chi connectivity index (χ3v) is 7.38. The molecule has 3 aromatic heterocycles. The molecule has 0 saturated heterocycles. The molecule has 0 spiro atoms. The highest BCUT2D eigenvalue weighted by molar-refractivity contribution is 7.17. The number of carbonyl (C=O) groups excluding carboxylic acids is 2. The minimum atomic E-state index is -0.979. The first-order valence-corrected chi connectivity index (χ1v) is 11.5. The highest BCUT2D eigenvalue weighted by Gasteiger charge is 2.48. The van der Waals surface area contributed by atoms with Gasteiger partial charge in [-0.3, -0.25) is 14.6 Å². The average Bonchev–Trinajstić information content (AvgIpc) is 3.35. The Labute approximate surface area is 179 Å². The van der Waals surface area contributed by atoms with Crippen molar-refractivity contribution in [3.63, 3.8) is 0 Å². The molecular weight excluding hydrogens is 396 g/mol. The third kappa shape index (κ3) is 3.21. The van der Waals surface area contributed by atoms with E-state index in [0.29, 0.717) is 18.8 Å². The number of rotatable bonds is 4. The fourth-order valence-electron chi connectivity index (χ4n) is 4.76. The second-order valence-corrected chi connectivity index (χ2v) is 9.53. The lowest BCUT2D eigenvalue weighted by atomic mass is 9.91. The molecule has 1 atom stereocenters. The average molecular weight is 423 g/mol. The molecule has 0 unspecified atom stereocenters. The quantitative estimate of drug-likeness (QED) is 0.692. The molecule has 6 nitrogen and oxygen atoms in total. The molecule has 30 heavy (non-hydrogen) atoms. The van der Waals surface area contributed by atoms with Crippen LogP contribution < -0.4 is 5.32 Å². The Morgan fingerprint density at radius 2 is 2.10 bits per heavy atom. The standard InChI is InChI=1S/C23H26N4O2S/c1-23(22(29)25-16-7-3-2-4-8-16)15-26-18-10-12-30-20(18)13-19(26)21(28)27(23)14-17-9-5-6-11-24-17/h5-6,9-13,16H,2-4,7-8,14-15H2,1H3,(H,25,29)/t23-/m0/s1. The van der Waals surface area contributed by atoms with E-state index in [2.05, 4.69) is 10.3 Å². The van der Waals surface area contributed by atoms with Crippen molar-refractivity contribution < 1.29 is 9.59 Å². The number of nitrogens with zero attached hydrogens (tertiary/aromatic N) is 3. The fourth-order valence-corrected chi connectivity index (χ4v) is 5.58. The molecule has 3 aromatic rings. The van der Waals surface area contributed by atoms with Crippen molar-refractivity contribution in [3.8, 4) is 0 Å². The molecule has 1 saturated carbocycles. The third-order valence-electron chi connectivity index (χ3n) is 6.52. The van der Waals surface area contributed by atoms with Gasteiger partial charge in [0.1, 0.15) is 11.2 Å². The Morgan fingerprint density at radius 1 is 1.27 bits per heavy atom. The van der Waals surface area contributed by atoms with E-state index in [1.54, 1.807) is 22.4 Å². The molecule has 5 rings (SSSR count). The summed E-state index contributed by atoms with van der Waals surface area (Å²) in [6, 6.07) is 9.85. The molecule has 2 amide bonds. The summed E-state index contributed by atoms with van der Waals surface area (Å²) < 4.78 is 3.09. The molecule has 0 radical (unpaired) electrons. The molecule has 1 N–H and O–H groups in total. The topological polar surface area (TPSA) is 67.2 Å². The van der Waals surface area contributed by atoms with E-state index < -0.39 is 5.54 Å². The molecule has 7 heteroatoms. The monoisotopic (exact) mass is 422 g/mol. The van der Waals surface area contributed by atoms with Gasteiger partial charge in [-0.15, -0.1) is 11.3 Å². The zero-order chi connectivity index (χ0) is 20.7. The molecule has 1 fully saturated rings. The van der Waals surface area contributed by atoms with Gasteiger partial charge in [-0.05, 0) is 49.4 Å². The van der Waals surface area contributed by atoms with Gasteiger partial charge >= 0.3 is 0 Å². The highest BCUT2D eigenvalue weighted by Crippen LogP contribution is 2.35. The van der Waals surface area contributed by atoms with E-state index in [0.717, 1.165) is 41.6 Å². The molecule has 2 aliphatic rings. The van der Waals surface area contributed by atoms with E-state index in [4.69, 9.17) is 0 Å². The number of carbonyl (C=O) groups is 2. The Hall–Kier alpha value is -2.67. The number of thiophene rings is 1. The summed E-state index contributed by atoms with van der Waals surface area (Å²) in [6.07, 6.45) is 7.28. The van der Waals surface area contributed by atoms with Gasteiger partial charge in [0, 0.05) is 12.2 Å². The van der Waals surface area contributed by atoms with Crippen LogP contribution in [-0.4, -0.2) is 37.8 Å². The van der Waals surface area contributed by atoms with Crippen molar-refractivity contribution in [2.45, 2.75) is 63.7 Å². The summed E-state index contributed by atoms with van der Waals surface area (Å²) in [5.74, 6) is -0.182. The minimum Gasteiger partial charge on any atom is -0.351 e. The molecule has 156 valence electrons. The summed E-state index contributed by atoms with van der Waals surface area (Å²) in [6.45, 7) is 2.65. The Kier molecular flexibility index (Phi) is 4.85. The predicted octanol–water partition coefficient (Wildman–Crippen LogP) is 3.96. The summed E-state index contributed by atoms with van der Waals surface area (Å²) in [4.78, 5) is 33.3. The van der Waals surface area contributed by atoms with E-state index in [1.165, 1.54) is 6.42 Å². The summed E-state index contributed by atoms with van der Waals surface area (Å²) >= 11 is 1.62. The lowest BCUT2D eigenvalue weighted by Gasteiger charge is -2.44.